The van der Waals surface area contributed by atoms with Gasteiger partial charge in [-0.2, -0.15) is 0 Å². The number of fused-ring (bicyclic) bond motifs is 2. The fourth-order valence-corrected chi connectivity index (χ4v) is 5.44. The van der Waals surface area contributed by atoms with Gasteiger partial charge in [0.05, 0.1) is 0 Å². The largest absolute Gasteiger partial charge is 0.314 e. The second-order valence-corrected chi connectivity index (χ2v) is 9.06. The summed E-state index contributed by atoms with van der Waals surface area (Å²) in [6, 6.07) is 0.738. The van der Waals surface area contributed by atoms with Crippen LogP contribution in [-0.2, 0) is 0 Å². The number of rotatable bonds is 3. The smallest absolute Gasteiger partial charge is 0.00773 e. The van der Waals surface area contributed by atoms with Crippen LogP contribution in [-0.4, -0.2) is 12.6 Å². The van der Waals surface area contributed by atoms with E-state index in [0.717, 1.165) is 23.8 Å². The van der Waals surface area contributed by atoms with Crippen LogP contribution < -0.4 is 5.32 Å². The summed E-state index contributed by atoms with van der Waals surface area (Å²) in [7, 11) is 0. The molecule has 0 amide bonds. The van der Waals surface area contributed by atoms with Gasteiger partial charge in [0.25, 0.3) is 0 Å². The van der Waals surface area contributed by atoms with E-state index in [1.807, 2.05) is 0 Å². The molecule has 0 aromatic carbocycles. The Morgan fingerprint density at radius 3 is 2.21 bits per heavy atom. The van der Waals surface area contributed by atoms with E-state index in [1.165, 1.54) is 38.6 Å². The highest BCUT2D eigenvalue weighted by atomic mass is 14.9. The van der Waals surface area contributed by atoms with Gasteiger partial charge >= 0.3 is 0 Å². The third kappa shape index (κ3) is 3.07. The normalized spacial score (nSPS) is 39.9. The van der Waals surface area contributed by atoms with Crippen LogP contribution in [0.5, 0.6) is 0 Å². The van der Waals surface area contributed by atoms with Gasteiger partial charge in [-0.05, 0) is 67.2 Å². The first-order valence-electron chi connectivity index (χ1n) is 8.25. The van der Waals surface area contributed by atoms with Gasteiger partial charge in [0.2, 0.25) is 0 Å². The molecule has 3 rings (SSSR count). The van der Waals surface area contributed by atoms with Gasteiger partial charge < -0.3 is 5.32 Å². The summed E-state index contributed by atoms with van der Waals surface area (Å²) in [5.41, 5.74) is 1.02. The zero-order valence-corrected chi connectivity index (χ0v) is 13.2. The highest BCUT2D eigenvalue weighted by Gasteiger charge is 2.40. The molecule has 0 aromatic rings. The molecular formula is C18H31N. The van der Waals surface area contributed by atoms with Gasteiger partial charge in [-0.3, -0.25) is 0 Å². The molecule has 1 N–H and O–H groups in total. The third-order valence-electron chi connectivity index (χ3n) is 5.64. The number of hydrogen-bond acceptors (Lipinski definition) is 1. The van der Waals surface area contributed by atoms with E-state index in [4.69, 9.17) is 0 Å². The summed E-state index contributed by atoms with van der Waals surface area (Å²) in [4.78, 5) is 0. The second kappa shape index (κ2) is 4.62. The SMILES string of the molecule is CC1(C)CC(NCC2CC3C=CC2C3)CC(C)(C)C1. The minimum absolute atomic E-state index is 0.508. The van der Waals surface area contributed by atoms with E-state index in [0.29, 0.717) is 10.8 Å². The first kappa shape index (κ1) is 13.7. The molecule has 0 spiro atoms. The molecule has 1 nitrogen and oxygen atoms in total. The van der Waals surface area contributed by atoms with Crippen molar-refractivity contribution >= 4 is 0 Å². The predicted octanol–water partition coefficient (Wildman–Crippen LogP) is 4.39. The van der Waals surface area contributed by atoms with E-state index >= 15 is 0 Å². The molecule has 3 atom stereocenters. The Morgan fingerprint density at radius 2 is 1.68 bits per heavy atom. The van der Waals surface area contributed by atoms with Crippen LogP contribution in [0.15, 0.2) is 12.2 Å². The molecule has 3 aliphatic rings. The quantitative estimate of drug-likeness (QED) is 0.743. The Bertz CT molecular complexity index is 350. The van der Waals surface area contributed by atoms with Crippen molar-refractivity contribution in [3.05, 3.63) is 12.2 Å². The van der Waals surface area contributed by atoms with E-state index in [9.17, 15) is 0 Å². The number of allylic oxidation sites excluding steroid dienone is 2. The molecule has 3 unspecified atom stereocenters. The fourth-order valence-electron chi connectivity index (χ4n) is 5.44. The Morgan fingerprint density at radius 1 is 1.00 bits per heavy atom. The van der Waals surface area contributed by atoms with Crippen molar-refractivity contribution in [1.29, 1.82) is 0 Å². The first-order chi connectivity index (χ1) is 8.83. The van der Waals surface area contributed by atoms with Crippen LogP contribution in [0.2, 0.25) is 0 Å². The predicted molar refractivity (Wildman–Crippen MR) is 82.0 cm³/mol. The van der Waals surface area contributed by atoms with Gasteiger partial charge in [-0.15, -0.1) is 0 Å². The van der Waals surface area contributed by atoms with Crippen molar-refractivity contribution in [2.24, 2.45) is 28.6 Å². The second-order valence-electron chi connectivity index (χ2n) is 9.06. The van der Waals surface area contributed by atoms with Crippen LogP contribution in [0, 0.1) is 28.6 Å². The number of nitrogens with one attached hydrogen (secondary N) is 1. The van der Waals surface area contributed by atoms with Crippen LogP contribution in [0.25, 0.3) is 0 Å². The monoisotopic (exact) mass is 261 g/mol. The van der Waals surface area contributed by atoms with E-state index in [2.05, 4.69) is 45.2 Å². The van der Waals surface area contributed by atoms with Crippen molar-refractivity contribution in [3.63, 3.8) is 0 Å². The van der Waals surface area contributed by atoms with Gasteiger partial charge in [0.15, 0.2) is 0 Å². The maximum absolute atomic E-state index is 3.93. The summed E-state index contributed by atoms with van der Waals surface area (Å²) in [6.07, 6.45) is 11.9. The van der Waals surface area contributed by atoms with Gasteiger partial charge in [-0.25, -0.2) is 0 Å². The third-order valence-corrected chi connectivity index (χ3v) is 5.64. The summed E-state index contributed by atoms with van der Waals surface area (Å²) >= 11 is 0. The van der Waals surface area contributed by atoms with Crippen LogP contribution in [0.4, 0.5) is 0 Å². The molecule has 2 fully saturated rings. The molecule has 0 heterocycles. The molecule has 0 aliphatic heterocycles. The lowest BCUT2D eigenvalue weighted by Crippen LogP contribution is -2.45. The molecule has 2 bridgehead atoms. The maximum atomic E-state index is 3.93. The highest BCUT2D eigenvalue weighted by molar-refractivity contribution is 5.10. The van der Waals surface area contributed by atoms with Gasteiger partial charge in [-0.1, -0.05) is 39.8 Å². The van der Waals surface area contributed by atoms with Crippen molar-refractivity contribution < 1.29 is 0 Å². The lowest BCUT2D eigenvalue weighted by molar-refractivity contribution is 0.0828. The Kier molecular flexibility index (Phi) is 3.32. The van der Waals surface area contributed by atoms with Crippen molar-refractivity contribution in [2.75, 3.05) is 6.54 Å². The zero-order valence-electron chi connectivity index (χ0n) is 13.2. The molecular weight excluding hydrogens is 230 g/mol. The summed E-state index contributed by atoms with van der Waals surface area (Å²) in [5.74, 6) is 2.72. The zero-order chi connectivity index (χ0) is 13.7. The average Bonchev–Trinajstić information content (AvgIpc) is 2.83. The lowest BCUT2D eigenvalue weighted by Gasteiger charge is -2.45. The summed E-state index contributed by atoms with van der Waals surface area (Å²) in [5, 5.41) is 3.93. The van der Waals surface area contributed by atoms with Crippen LogP contribution in [0.1, 0.15) is 59.8 Å². The van der Waals surface area contributed by atoms with Crippen molar-refractivity contribution in [3.8, 4) is 0 Å². The Hall–Kier alpha value is -0.300. The topological polar surface area (TPSA) is 12.0 Å². The average molecular weight is 261 g/mol. The maximum Gasteiger partial charge on any atom is 0.00773 e. The van der Waals surface area contributed by atoms with E-state index in [1.54, 1.807) is 0 Å². The molecule has 3 aliphatic carbocycles. The highest BCUT2D eigenvalue weighted by Crippen LogP contribution is 2.46. The molecule has 19 heavy (non-hydrogen) atoms. The number of hydrogen-bond donors (Lipinski definition) is 1. The van der Waals surface area contributed by atoms with Gasteiger partial charge in [0.1, 0.15) is 0 Å². The Balaban J connectivity index is 1.54. The van der Waals surface area contributed by atoms with Crippen LogP contribution >= 0.6 is 0 Å². The van der Waals surface area contributed by atoms with E-state index in [-0.39, 0.29) is 0 Å². The fraction of sp³-hybridized carbons (Fsp3) is 0.889. The van der Waals surface area contributed by atoms with Crippen molar-refractivity contribution in [1.82, 2.24) is 5.32 Å². The van der Waals surface area contributed by atoms with Crippen molar-refractivity contribution in [2.45, 2.75) is 65.8 Å². The molecule has 0 saturated heterocycles. The Labute approximate surface area is 119 Å². The molecule has 108 valence electrons. The molecule has 2 saturated carbocycles. The molecule has 0 aromatic heterocycles. The first-order valence-corrected chi connectivity index (χ1v) is 8.25. The standard InChI is InChI=1S/C18H31N/c1-17(2)9-16(10-18(3,4)12-17)19-11-15-8-13-5-6-14(15)7-13/h5-6,13-16,19H,7-12H2,1-4H3. The molecule has 1 heteroatoms. The lowest BCUT2D eigenvalue weighted by atomic mass is 9.63. The molecule has 0 radical (unpaired) electrons. The van der Waals surface area contributed by atoms with Crippen LogP contribution in [0.3, 0.4) is 0 Å². The summed E-state index contributed by atoms with van der Waals surface area (Å²) < 4.78 is 0. The summed E-state index contributed by atoms with van der Waals surface area (Å²) in [6.45, 7) is 11.0. The van der Waals surface area contributed by atoms with Gasteiger partial charge in [0, 0.05) is 6.04 Å². The minimum Gasteiger partial charge on any atom is -0.314 e. The van der Waals surface area contributed by atoms with E-state index < -0.39 is 0 Å². The minimum atomic E-state index is 0.508.